The molecule has 0 fully saturated rings. The summed E-state index contributed by atoms with van der Waals surface area (Å²) >= 11 is 5.52. The summed E-state index contributed by atoms with van der Waals surface area (Å²) < 4.78 is 5.39. The van der Waals surface area contributed by atoms with Crippen LogP contribution >= 0.6 is 24.0 Å². The average molecular weight is 268 g/mol. The predicted molar refractivity (Wildman–Crippen MR) is 68.6 cm³/mol. The lowest BCUT2D eigenvalue weighted by Crippen LogP contribution is -2.21. The van der Waals surface area contributed by atoms with E-state index < -0.39 is 0 Å². The van der Waals surface area contributed by atoms with Crippen LogP contribution in [0.4, 0.5) is 0 Å². The fourth-order valence-corrected chi connectivity index (χ4v) is 2.35. The van der Waals surface area contributed by atoms with Gasteiger partial charge in [-0.25, -0.2) is 4.98 Å². The van der Waals surface area contributed by atoms with Gasteiger partial charge in [0.25, 0.3) is 5.91 Å². The largest absolute Gasteiger partial charge is 0.444 e. The van der Waals surface area contributed by atoms with Crippen LogP contribution in [0.3, 0.4) is 0 Å². The molecule has 0 atom stereocenters. The Hall–Kier alpha value is -1.27. The summed E-state index contributed by atoms with van der Waals surface area (Å²) in [6, 6.07) is 1.73. The molecule has 6 heteroatoms. The zero-order valence-electron chi connectivity index (χ0n) is 9.27. The van der Waals surface area contributed by atoms with E-state index in [-0.39, 0.29) is 5.91 Å². The molecule has 0 saturated carbocycles. The van der Waals surface area contributed by atoms with Gasteiger partial charge in [-0.2, -0.15) is 0 Å². The summed E-state index contributed by atoms with van der Waals surface area (Å²) in [5.74, 6) is 1.22. The number of carbonyl (C=O) groups is 1. The fraction of sp³-hybridized carbons (Fsp3) is 0.273. The molecular formula is C11H12N2O2S2. The van der Waals surface area contributed by atoms with Gasteiger partial charge in [0.2, 0.25) is 5.89 Å². The van der Waals surface area contributed by atoms with Gasteiger partial charge in [0.1, 0.15) is 5.76 Å². The van der Waals surface area contributed by atoms with Gasteiger partial charge in [-0.15, -0.1) is 24.0 Å². The van der Waals surface area contributed by atoms with Crippen LogP contribution in [0, 0.1) is 0 Å². The minimum Gasteiger partial charge on any atom is -0.444 e. The Balaban J connectivity index is 1.92. The highest BCUT2D eigenvalue weighted by Crippen LogP contribution is 2.17. The summed E-state index contributed by atoms with van der Waals surface area (Å²) in [5, 5.41) is 4.57. The molecule has 2 aromatic heterocycles. The van der Waals surface area contributed by atoms with Gasteiger partial charge < -0.3 is 9.73 Å². The fourth-order valence-electron chi connectivity index (χ4n) is 1.28. The van der Waals surface area contributed by atoms with Crippen molar-refractivity contribution in [3.8, 4) is 0 Å². The normalized spacial score (nSPS) is 10.5. The third-order valence-electron chi connectivity index (χ3n) is 2.16. The molecule has 0 radical (unpaired) electrons. The van der Waals surface area contributed by atoms with Crippen molar-refractivity contribution in [2.45, 2.75) is 24.8 Å². The van der Waals surface area contributed by atoms with Gasteiger partial charge in [-0.05, 0) is 6.07 Å². The van der Waals surface area contributed by atoms with E-state index in [0.717, 1.165) is 17.1 Å². The molecule has 0 spiro atoms. The Morgan fingerprint density at radius 3 is 3.06 bits per heavy atom. The number of aryl methyl sites for hydroxylation is 1. The molecule has 2 rings (SSSR count). The number of nitrogens with one attached hydrogen (secondary N) is 1. The monoisotopic (exact) mass is 268 g/mol. The third kappa shape index (κ3) is 3.10. The highest BCUT2D eigenvalue weighted by atomic mass is 32.1. The van der Waals surface area contributed by atoms with Crippen LogP contribution in [0.2, 0.25) is 0 Å². The average Bonchev–Trinajstić information content (AvgIpc) is 2.94. The molecule has 4 nitrogen and oxygen atoms in total. The molecular weight excluding hydrogens is 256 g/mol. The van der Waals surface area contributed by atoms with Gasteiger partial charge >= 0.3 is 0 Å². The van der Waals surface area contributed by atoms with Gasteiger partial charge in [0.15, 0.2) is 0 Å². The lowest BCUT2D eigenvalue weighted by Gasteiger charge is -1.99. The number of oxazole rings is 1. The Labute approximate surface area is 108 Å². The molecule has 0 saturated heterocycles. The molecule has 1 amide bonds. The topological polar surface area (TPSA) is 55.1 Å². The molecule has 17 heavy (non-hydrogen) atoms. The molecule has 2 aromatic rings. The number of aromatic nitrogens is 1. The van der Waals surface area contributed by atoms with E-state index in [4.69, 9.17) is 4.42 Å². The summed E-state index contributed by atoms with van der Waals surface area (Å²) in [4.78, 5) is 17.2. The zero-order chi connectivity index (χ0) is 12.3. The minimum atomic E-state index is -0.133. The number of hydrogen-bond donors (Lipinski definition) is 2. The molecule has 0 aliphatic carbocycles. The summed E-state index contributed by atoms with van der Waals surface area (Å²) in [6.45, 7) is 2.29. The van der Waals surface area contributed by atoms with Gasteiger partial charge in [-0.1, -0.05) is 6.92 Å². The van der Waals surface area contributed by atoms with Crippen molar-refractivity contribution in [3.05, 3.63) is 34.2 Å². The third-order valence-corrected chi connectivity index (χ3v) is 3.52. The van der Waals surface area contributed by atoms with Gasteiger partial charge in [-0.3, -0.25) is 4.79 Å². The first-order valence-electron chi connectivity index (χ1n) is 5.18. The molecule has 0 unspecified atom stereocenters. The predicted octanol–water partition coefficient (Wildman–Crippen LogP) is 2.52. The number of carbonyl (C=O) groups excluding carboxylic acids is 1. The van der Waals surface area contributed by atoms with E-state index in [2.05, 4.69) is 22.9 Å². The molecule has 2 heterocycles. The Bertz CT molecular complexity index is 519. The standard InChI is InChI=1S/C11H12N2O2S2/c1-2-7-4-12-10(15-7)5-13-11(14)9-3-8(16)6-17-9/h3-4,6,16H,2,5H2,1H3,(H,13,14). The van der Waals surface area contributed by atoms with E-state index >= 15 is 0 Å². The summed E-state index contributed by atoms with van der Waals surface area (Å²) in [7, 11) is 0. The van der Waals surface area contributed by atoms with E-state index in [0.29, 0.717) is 17.3 Å². The van der Waals surface area contributed by atoms with Crippen molar-refractivity contribution in [3.63, 3.8) is 0 Å². The van der Waals surface area contributed by atoms with E-state index in [9.17, 15) is 4.79 Å². The first-order valence-corrected chi connectivity index (χ1v) is 6.51. The molecule has 90 valence electrons. The van der Waals surface area contributed by atoms with Crippen molar-refractivity contribution in [2.75, 3.05) is 0 Å². The molecule has 0 bridgehead atoms. The lowest BCUT2D eigenvalue weighted by molar-refractivity contribution is 0.0951. The van der Waals surface area contributed by atoms with Gasteiger partial charge in [0.05, 0.1) is 17.6 Å². The van der Waals surface area contributed by atoms with E-state index in [1.807, 2.05) is 12.3 Å². The van der Waals surface area contributed by atoms with Crippen molar-refractivity contribution in [2.24, 2.45) is 0 Å². The maximum atomic E-state index is 11.7. The summed E-state index contributed by atoms with van der Waals surface area (Å²) in [6.07, 6.45) is 2.48. The van der Waals surface area contributed by atoms with E-state index in [1.54, 1.807) is 12.3 Å². The minimum absolute atomic E-state index is 0.133. The zero-order valence-corrected chi connectivity index (χ0v) is 11.0. The molecule has 0 aliphatic heterocycles. The number of nitrogens with zero attached hydrogens (tertiary/aromatic N) is 1. The van der Waals surface area contributed by atoms with Crippen LogP contribution in [0.5, 0.6) is 0 Å². The Kier molecular flexibility index (Phi) is 3.86. The number of thiophene rings is 1. The highest BCUT2D eigenvalue weighted by Gasteiger charge is 2.09. The second kappa shape index (κ2) is 5.37. The second-order valence-corrected chi connectivity index (χ2v) is 4.85. The van der Waals surface area contributed by atoms with Crippen LogP contribution in [0.1, 0.15) is 28.2 Å². The Morgan fingerprint density at radius 1 is 1.65 bits per heavy atom. The molecule has 0 aliphatic rings. The molecule has 0 aromatic carbocycles. The maximum Gasteiger partial charge on any atom is 0.261 e. The van der Waals surface area contributed by atoms with Crippen LogP contribution in [0.25, 0.3) is 0 Å². The first kappa shape index (κ1) is 12.2. The molecule has 1 N–H and O–H groups in total. The second-order valence-electron chi connectivity index (χ2n) is 3.43. The Morgan fingerprint density at radius 2 is 2.47 bits per heavy atom. The smallest absolute Gasteiger partial charge is 0.261 e. The number of rotatable bonds is 4. The van der Waals surface area contributed by atoms with E-state index in [1.165, 1.54) is 11.3 Å². The number of amides is 1. The van der Waals surface area contributed by atoms with Crippen LogP contribution in [-0.2, 0) is 13.0 Å². The number of thiol groups is 1. The van der Waals surface area contributed by atoms with Crippen LogP contribution in [-0.4, -0.2) is 10.9 Å². The lowest BCUT2D eigenvalue weighted by atomic mass is 10.4. The van der Waals surface area contributed by atoms with Crippen LogP contribution < -0.4 is 5.32 Å². The van der Waals surface area contributed by atoms with Gasteiger partial charge in [0, 0.05) is 16.7 Å². The quantitative estimate of drug-likeness (QED) is 0.838. The SMILES string of the molecule is CCc1cnc(CNC(=O)c2cc(S)cs2)o1. The number of hydrogen-bond acceptors (Lipinski definition) is 5. The highest BCUT2D eigenvalue weighted by molar-refractivity contribution is 7.80. The van der Waals surface area contributed by atoms with Crippen molar-refractivity contribution < 1.29 is 9.21 Å². The van der Waals surface area contributed by atoms with Crippen molar-refractivity contribution >= 4 is 29.9 Å². The first-order chi connectivity index (χ1) is 8.19. The van der Waals surface area contributed by atoms with Crippen LogP contribution in [0.15, 0.2) is 27.0 Å². The van der Waals surface area contributed by atoms with Crippen molar-refractivity contribution in [1.29, 1.82) is 0 Å². The maximum absolute atomic E-state index is 11.7. The van der Waals surface area contributed by atoms with Crippen molar-refractivity contribution in [1.82, 2.24) is 10.3 Å². The summed E-state index contributed by atoms with van der Waals surface area (Å²) in [5.41, 5.74) is 0.